The Bertz CT molecular complexity index is 885. The second-order valence-corrected chi connectivity index (χ2v) is 7.73. The quantitative estimate of drug-likeness (QED) is 0.843. The van der Waals surface area contributed by atoms with Crippen LogP contribution < -0.4 is 9.04 Å². The Kier molecular flexibility index (Phi) is 4.13. The first-order valence-corrected chi connectivity index (χ1v) is 9.33. The lowest BCUT2D eigenvalue weighted by atomic mass is 10.0. The number of benzene rings is 2. The van der Waals surface area contributed by atoms with Crippen molar-refractivity contribution in [1.29, 1.82) is 0 Å². The van der Waals surface area contributed by atoms with Crippen molar-refractivity contribution in [2.45, 2.75) is 31.2 Å². The van der Waals surface area contributed by atoms with Gasteiger partial charge in [0.2, 0.25) is 0 Å². The molecule has 0 radical (unpaired) electrons. The topological polar surface area (TPSA) is 46.6 Å². The molecule has 2 aromatic carbocycles. The molecule has 24 heavy (non-hydrogen) atoms. The summed E-state index contributed by atoms with van der Waals surface area (Å²) in [7, 11) is -2.09. The van der Waals surface area contributed by atoms with E-state index in [9.17, 15) is 8.42 Å². The Morgan fingerprint density at radius 2 is 1.83 bits per heavy atom. The Morgan fingerprint density at radius 1 is 1.17 bits per heavy atom. The van der Waals surface area contributed by atoms with Gasteiger partial charge < -0.3 is 4.74 Å². The predicted octanol–water partition coefficient (Wildman–Crippen LogP) is 4.00. The molecule has 1 heterocycles. The number of ether oxygens (including phenoxy) is 1. The van der Waals surface area contributed by atoms with Crippen LogP contribution >= 0.6 is 0 Å². The van der Waals surface area contributed by atoms with Gasteiger partial charge in [0.1, 0.15) is 5.75 Å². The van der Waals surface area contributed by atoms with Crippen molar-refractivity contribution in [2.75, 3.05) is 11.4 Å². The predicted molar refractivity (Wildman–Crippen MR) is 97.0 cm³/mol. The van der Waals surface area contributed by atoms with Crippen LogP contribution in [0.5, 0.6) is 5.75 Å². The standard InChI is InChI=1S/C19H21NO3S/c1-5-16-14(3)19-17(7-6-8-18(19)23-4)20(16)24(21,22)15-11-9-13(2)10-12-15/h6-12,16H,3,5H2,1-2,4H3. The number of nitrogens with zero attached hydrogens (tertiary/aromatic N) is 1. The van der Waals surface area contributed by atoms with Gasteiger partial charge in [-0.1, -0.05) is 37.3 Å². The van der Waals surface area contributed by atoms with E-state index < -0.39 is 10.0 Å². The molecule has 0 aliphatic carbocycles. The van der Waals surface area contributed by atoms with Crippen LogP contribution in [-0.2, 0) is 10.0 Å². The van der Waals surface area contributed by atoms with E-state index >= 15 is 0 Å². The van der Waals surface area contributed by atoms with Crippen LogP contribution in [0.3, 0.4) is 0 Å². The van der Waals surface area contributed by atoms with Crippen molar-refractivity contribution >= 4 is 21.3 Å². The van der Waals surface area contributed by atoms with Crippen molar-refractivity contribution in [3.8, 4) is 5.75 Å². The molecule has 4 nitrogen and oxygen atoms in total. The van der Waals surface area contributed by atoms with Gasteiger partial charge in [-0.25, -0.2) is 8.42 Å². The number of sulfonamides is 1. The van der Waals surface area contributed by atoms with Gasteiger partial charge in [0.05, 0.1) is 23.7 Å². The zero-order chi connectivity index (χ0) is 17.5. The van der Waals surface area contributed by atoms with Gasteiger partial charge in [-0.2, -0.15) is 0 Å². The average molecular weight is 343 g/mol. The molecule has 0 bridgehead atoms. The van der Waals surface area contributed by atoms with E-state index in [0.717, 1.165) is 16.7 Å². The Hall–Kier alpha value is -2.27. The fraction of sp³-hybridized carbons (Fsp3) is 0.263. The molecule has 126 valence electrons. The van der Waals surface area contributed by atoms with Crippen molar-refractivity contribution in [3.05, 3.63) is 60.2 Å². The van der Waals surface area contributed by atoms with Crippen molar-refractivity contribution in [1.82, 2.24) is 0 Å². The summed E-state index contributed by atoms with van der Waals surface area (Å²) >= 11 is 0. The second kappa shape index (κ2) is 5.98. The normalized spacial score (nSPS) is 17.0. The first kappa shape index (κ1) is 16.6. The molecule has 1 unspecified atom stereocenters. The van der Waals surface area contributed by atoms with E-state index in [1.54, 1.807) is 25.3 Å². The van der Waals surface area contributed by atoms with Crippen molar-refractivity contribution in [3.63, 3.8) is 0 Å². The molecule has 0 aromatic heterocycles. The molecule has 0 saturated carbocycles. The van der Waals surface area contributed by atoms with Crippen LogP contribution in [0.15, 0.2) is 53.9 Å². The molecular formula is C19H21NO3S. The number of methoxy groups -OCH3 is 1. The van der Waals surface area contributed by atoms with Crippen LogP contribution in [0.25, 0.3) is 5.57 Å². The third-order valence-electron chi connectivity index (χ3n) is 4.43. The molecular weight excluding hydrogens is 322 g/mol. The minimum atomic E-state index is -3.67. The molecule has 1 aliphatic rings. The molecule has 0 saturated heterocycles. The maximum Gasteiger partial charge on any atom is 0.264 e. The Labute approximate surface area is 143 Å². The third kappa shape index (κ3) is 2.40. The lowest BCUT2D eigenvalue weighted by molar-refractivity contribution is 0.414. The van der Waals surface area contributed by atoms with Crippen LogP contribution in [0.4, 0.5) is 5.69 Å². The molecule has 0 N–H and O–H groups in total. The lowest BCUT2D eigenvalue weighted by Crippen LogP contribution is -2.36. The number of hydrogen-bond acceptors (Lipinski definition) is 3. The monoisotopic (exact) mass is 343 g/mol. The van der Waals surface area contributed by atoms with E-state index in [0.29, 0.717) is 17.9 Å². The van der Waals surface area contributed by atoms with Crippen LogP contribution in [-0.4, -0.2) is 21.6 Å². The van der Waals surface area contributed by atoms with E-state index in [1.807, 2.05) is 38.1 Å². The minimum Gasteiger partial charge on any atom is -0.496 e. The summed E-state index contributed by atoms with van der Waals surface area (Å²) in [5.74, 6) is 0.651. The summed E-state index contributed by atoms with van der Waals surface area (Å²) in [6.45, 7) is 8.04. The van der Waals surface area contributed by atoms with E-state index in [4.69, 9.17) is 4.74 Å². The maximum atomic E-state index is 13.3. The summed E-state index contributed by atoms with van der Waals surface area (Å²) in [6, 6.07) is 12.1. The molecule has 2 aromatic rings. The summed E-state index contributed by atoms with van der Waals surface area (Å²) in [5.41, 5.74) is 3.21. The second-order valence-electron chi connectivity index (χ2n) is 5.92. The van der Waals surface area contributed by atoms with E-state index in [1.165, 1.54) is 4.31 Å². The highest BCUT2D eigenvalue weighted by Crippen LogP contribution is 2.47. The Balaban J connectivity index is 2.20. The number of rotatable bonds is 4. The summed E-state index contributed by atoms with van der Waals surface area (Å²) in [6.07, 6.45) is 0.641. The largest absolute Gasteiger partial charge is 0.496 e. The zero-order valence-corrected chi connectivity index (χ0v) is 14.9. The highest BCUT2D eigenvalue weighted by molar-refractivity contribution is 7.93. The number of hydrogen-bond donors (Lipinski definition) is 0. The van der Waals surface area contributed by atoms with Gasteiger partial charge in [-0.15, -0.1) is 0 Å². The van der Waals surface area contributed by atoms with Crippen LogP contribution in [0.1, 0.15) is 24.5 Å². The molecule has 0 fully saturated rings. The van der Waals surface area contributed by atoms with E-state index in [2.05, 4.69) is 6.58 Å². The lowest BCUT2D eigenvalue weighted by Gasteiger charge is -2.26. The fourth-order valence-corrected chi connectivity index (χ4v) is 4.93. The molecule has 0 amide bonds. The number of anilines is 1. The first-order valence-electron chi connectivity index (χ1n) is 7.89. The number of fused-ring (bicyclic) bond motifs is 1. The van der Waals surface area contributed by atoms with Crippen molar-refractivity contribution in [2.24, 2.45) is 0 Å². The summed E-state index contributed by atoms with van der Waals surface area (Å²) in [4.78, 5) is 0.287. The zero-order valence-electron chi connectivity index (χ0n) is 14.1. The summed E-state index contributed by atoms with van der Waals surface area (Å²) in [5, 5.41) is 0. The molecule has 0 spiro atoms. The third-order valence-corrected chi connectivity index (χ3v) is 6.27. The van der Waals surface area contributed by atoms with Gasteiger partial charge in [0, 0.05) is 5.56 Å². The number of aryl methyl sites for hydroxylation is 1. The molecule has 1 aliphatic heterocycles. The van der Waals surface area contributed by atoms with Gasteiger partial charge in [0.15, 0.2) is 0 Å². The average Bonchev–Trinajstić information content (AvgIpc) is 2.88. The van der Waals surface area contributed by atoms with Gasteiger partial charge in [-0.3, -0.25) is 4.31 Å². The Morgan fingerprint density at radius 3 is 2.42 bits per heavy atom. The SMILES string of the molecule is C=C1c2c(OC)cccc2N(S(=O)(=O)c2ccc(C)cc2)C1CC. The highest BCUT2D eigenvalue weighted by Gasteiger charge is 2.41. The van der Waals surface area contributed by atoms with Crippen LogP contribution in [0.2, 0.25) is 0 Å². The molecule has 1 atom stereocenters. The summed E-state index contributed by atoms with van der Waals surface area (Å²) < 4.78 is 33.4. The molecule has 5 heteroatoms. The first-order chi connectivity index (χ1) is 11.4. The maximum absolute atomic E-state index is 13.3. The minimum absolute atomic E-state index is 0.287. The fourth-order valence-electron chi connectivity index (χ4n) is 3.21. The van der Waals surface area contributed by atoms with Gasteiger partial charge in [-0.05, 0) is 43.2 Å². The van der Waals surface area contributed by atoms with Crippen molar-refractivity contribution < 1.29 is 13.2 Å². The van der Waals surface area contributed by atoms with Crippen LogP contribution in [0, 0.1) is 6.92 Å². The smallest absolute Gasteiger partial charge is 0.264 e. The van der Waals surface area contributed by atoms with Gasteiger partial charge >= 0.3 is 0 Å². The van der Waals surface area contributed by atoms with E-state index in [-0.39, 0.29) is 10.9 Å². The van der Waals surface area contributed by atoms with Gasteiger partial charge in [0.25, 0.3) is 10.0 Å². The molecule has 3 rings (SSSR count). The highest BCUT2D eigenvalue weighted by atomic mass is 32.2.